The number of aryl methyl sites for hydroxylation is 1. The van der Waals surface area contributed by atoms with E-state index >= 15 is 0 Å². The molecule has 3 rings (SSSR count). The van der Waals surface area contributed by atoms with Crippen molar-refractivity contribution < 1.29 is 0 Å². The number of nitrogens with zero attached hydrogens (tertiary/aromatic N) is 2. The lowest BCUT2D eigenvalue weighted by Gasteiger charge is -2.01. The molecule has 0 aliphatic heterocycles. The van der Waals surface area contributed by atoms with Crippen molar-refractivity contribution in [1.82, 2.24) is 15.0 Å². The Hall–Kier alpha value is -1.68. The van der Waals surface area contributed by atoms with Gasteiger partial charge in [0.25, 0.3) is 0 Å². The van der Waals surface area contributed by atoms with Crippen LogP contribution >= 0.6 is 15.9 Å². The standard InChI is InChI=1S/C13H10BrN3/c1-8-4-2-3-5-9(8)10-6-11-13(17-10)15-7-12(14)16-11/h2-7H,1H3,(H,15,17). The van der Waals surface area contributed by atoms with Gasteiger partial charge in [0.1, 0.15) is 10.1 Å². The van der Waals surface area contributed by atoms with Gasteiger partial charge in [0.2, 0.25) is 0 Å². The van der Waals surface area contributed by atoms with Crippen LogP contribution in [-0.4, -0.2) is 15.0 Å². The molecule has 2 aromatic heterocycles. The van der Waals surface area contributed by atoms with Gasteiger partial charge >= 0.3 is 0 Å². The zero-order valence-electron chi connectivity index (χ0n) is 9.24. The number of aromatic amines is 1. The quantitative estimate of drug-likeness (QED) is 0.742. The maximum Gasteiger partial charge on any atom is 0.156 e. The number of aromatic nitrogens is 3. The van der Waals surface area contributed by atoms with Crippen molar-refractivity contribution in [2.24, 2.45) is 0 Å². The van der Waals surface area contributed by atoms with E-state index in [1.54, 1.807) is 6.20 Å². The van der Waals surface area contributed by atoms with E-state index in [-0.39, 0.29) is 0 Å². The predicted octanol–water partition coefficient (Wildman–Crippen LogP) is 3.70. The van der Waals surface area contributed by atoms with Gasteiger partial charge in [0.15, 0.2) is 5.65 Å². The number of fused-ring (bicyclic) bond motifs is 1. The number of H-pyrrole nitrogens is 1. The van der Waals surface area contributed by atoms with Gasteiger partial charge in [-0.15, -0.1) is 0 Å². The van der Waals surface area contributed by atoms with Crippen LogP contribution in [0, 0.1) is 6.92 Å². The minimum Gasteiger partial charge on any atom is -0.338 e. The molecule has 2 heterocycles. The van der Waals surface area contributed by atoms with Crippen molar-refractivity contribution in [1.29, 1.82) is 0 Å². The van der Waals surface area contributed by atoms with Crippen molar-refractivity contribution in [3.63, 3.8) is 0 Å². The van der Waals surface area contributed by atoms with E-state index in [1.807, 2.05) is 18.2 Å². The van der Waals surface area contributed by atoms with Gasteiger partial charge in [-0.1, -0.05) is 24.3 Å². The second-order valence-corrected chi connectivity index (χ2v) is 4.74. The third kappa shape index (κ3) is 1.85. The lowest BCUT2D eigenvalue weighted by Crippen LogP contribution is -1.82. The Morgan fingerprint density at radius 3 is 2.88 bits per heavy atom. The molecule has 0 radical (unpaired) electrons. The van der Waals surface area contributed by atoms with Gasteiger partial charge in [-0.05, 0) is 34.5 Å². The molecule has 0 fully saturated rings. The fourth-order valence-electron chi connectivity index (χ4n) is 1.90. The summed E-state index contributed by atoms with van der Waals surface area (Å²) in [5.41, 5.74) is 5.15. The predicted molar refractivity (Wildman–Crippen MR) is 71.8 cm³/mol. The van der Waals surface area contributed by atoms with E-state index in [0.717, 1.165) is 21.5 Å². The number of halogens is 1. The molecule has 3 nitrogen and oxygen atoms in total. The van der Waals surface area contributed by atoms with Crippen LogP contribution in [0.4, 0.5) is 0 Å². The molecule has 0 spiro atoms. The van der Waals surface area contributed by atoms with Crippen molar-refractivity contribution in [2.45, 2.75) is 6.92 Å². The number of benzene rings is 1. The zero-order chi connectivity index (χ0) is 11.8. The average molecular weight is 288 g/mol. The Labute approximate surface area is 107 Å². The lowest BCUT2D eigenvalue weighted by molar-refractivity contribution is 1.23. The SMILES string of the molecule is Cc1ccccc1-c1cc2nc(Br)cnc2[nH]1. The number of nitrogens with one attached hydrogen (secondary N) is 1. The highest BCUT2D eigenvalue weighted by molar-refractivity contribution is 9.10. The van der Waals surface area contributed by atoms with Crippen LogP contribution in [0.3, 0.4) is 0 Å². The first-order valence-corrected chi connectivity index (χ1v) is 6.10. The summed E-state index contributed by atoms with van der Waals surface area (Å²) in [7, 11) is 0. The van der Waals surface area contributed by atoms with Crippen LogP contribution < -0.4 is 0 Å². The summed E-state index contributed by atoms with van der Waals surface area (Å²) in [4.78, 5) is 12.0. The molecule has 0 amide bonds. The Kier molecular flexibility index (Phi) is 2.44. The Balaban J connectivity index is 2.22. The van der Waals surface area contributed by atoms with Crippen LogP contribution in [0.25, 0.3) is 22.4 Å². The maximum atomic E-state index is 4.37. The van der Waals surface area contributed by atoms with Crippen LogP contribution in [0.2, 0.25) is 0 Å². The molecule has 0 aliphatic rings. The minimum atomic E-state index is 0.750. The molecule has 4 heteroatoms. The molecule has 1 N–H and O–H groups in total. The van der Waals surface area contributed by atoms with Gasteiger partial charge in [0, 0.05) is 11.3 Å². The summed E-state index contributed by atoms with van der Waals surface area (Å²) in [5.74, 6) is 0. The molecule has 0 aliphatic carbocycles. The molecule has 3 aromatic rings. The van der Waals surface area contributed by atoms with E-state index in [2.05, 4.69) is 49.9 Å². The molecular formula is C13H10BrN3. The Morgan fingerprint density at radius 2 is 2.06 bits per heavy atom. The molecule has 0 saturated carbocycles. The number of hydrogen-bond acceptors (Lipinski definition) is 2. The Morgan fingerprint density at radius 1 is 1.24 bits per heavy atom. The third-order valence-corrected chi connectivity index (χ3v) is 3.12. The van der Waals surface area contributed by atoms with Gasteiger partial charge in [-0.2, -0.15) is 0 Å². The zero-order valence-corrected chi connectivity index (χ0v) is 10.8. The van der Waals surface area contributed by atoms with E-state index in [4.69, 9.17) is 0 Å². The fraction of sp³-hybridized carbons (Fsp3) is 0.0769. The summed E-state index contributed by atoms with van der Waals surface area (Å²) in [6.45, 7) is 2.09. The largest absolute Gasteiger partial charge is 0.338 e. The van der Waals surface area contributed by atoms with E-state index in [1.165, 1.54) is 11.1 Å². The van der Waals surface area contributed by atoms with Gasteiger partial charge < -0.3 is 4.98 Å². The highest BCUT2D eigenvalue weighted by Gasteiger charge is 2.07. The smallest absolute Gasteiger partial charge is 0.156 e. The second-order valence-electron chi connectivity index (χ2n) is 3.92. The third-order valence-electron chi connectivity index (χ3n) is 2.74. The lowest BCUT2D eigenvalue weighted by atomic mass is 10.1. The van der Waals surface area contributed by atoms with Crippen molar-refractivity contribution in [2.75, 3.05) is 0 Å². The summed E-state index contributed by atoms with van der Waals surface area (Å²) in [5, 5.41) is 0. The van der Waals surface area contributed by atoms with Gasteiger partial charge in [-0.25, -0.2) is 9.97 Å². The number of hydrogen-bond donors (Lipinski definition) is 1. The molecule has 84 valence electrons. The second kappa shape index (κ2) is 3.96. The summed E-state index contributed by atoms with van der Waals surface area (Å²) in [6, 6.07) is 10.3. The van der Waals surface area contributed by atoms with E-state index in [0.29, 0.717) is 0 Å². The normalized spacial score (nSPS) is 10.9. The van der Waals surface area contributed by atoms with Crippen LogP contribution in [-0.2, 0) is 0 Å². The highest BCUT2D eigenvalue weighted by Crippen LogP contribution is 2.25. The maximum absolute atomic E-state index is 4.37. The monoisotopic (exact) mass is 287 g/mol. The molecule has 0 bridgehead atoms. The summed E-state index contributed by atoms with van der Waals surface area (Å²) >= 11 is 3.32. The van der Waals surface area contributed by atoms with E-state index < -0.39 is 0 Å². The molecular weight excluding hydrogens is 278 g/mol. The van der Waals surface area contributed by atoms with Crippen molar-refractivity contribution >= 4 is 27.1 Å². The Bertz CT molecular complexity index is 688. The first-order chi connectivity index (χ1) is 8.24. The molecule has 0 atom stereocenters. The topological polar surface area (TPSA) is 41.6 Å². The van der Waals surface area contributed by atoms with Crippen LogP contribution in [0.15, 0.2) is 41.1 Å². The van der Waals surface area contributed by atoms with Crippen molar-refractivity contribution in [3.8, 4) is 11.3 Å². The van der Waals surface area contributed by atoms with Crippen molar-refractivity contribution in [3.05, 3.63) is 46.7 Å². The molecule has 0 unspecified atom stereocenters. The van der Waals surface area contributed by atoms with Crippen LogP contribution in [0.1, 0.15) is 5.56 Å². The molecule has 17 heavy (non-hydrogen) atoms. The minimum absolute atomic E-state index is 0.750. The van der Waals surface area contributed by atoms with Gasteiger partial charge in [-0.3, -0.25) is 0 Å². The first-order valence-electron chi connectivity index (χ1n) is 5.31. The van der Waals surface area contributed by atoms with Gasteiger partial charge in [0.05, 0.1) is 6.20 Å². The van der Waals surface area contributed by atoms with Crippen LogP contribution in [0.5, 0.6) is 0 Å². The highest BCUT2D eigenvalue weighted by atomic mass is 79.9. The van der Waals surface area contributed by atoms with E-state index in [9.17, 15) is 0 Å². The molecule has 1 aromatic carbocycles. The summed E-state index contributed by atoms with van der Waals surface area (Å²) in [6.07, 6.45) is 1.69. The number of rotatable bonds is 1. The average Bonchev–Trinajstić information content (AvgIpc) is 2.72. The molecule has 0 saturated heterocycles. The first kappa shape index (κ1) is 10.5. The summed E-state index contributed by atoms with van der Waals surface area (Å²) < 4.78 is 0.750. The fourth-order valence-corrected chi connectivity index (χ4v) is 2.19.